The molecule has 3 nitrogen and oxygen atoms in total. The summed E-state index contributed by atoms with van der Waals surface area (Å²) < 4.78 is 0. The summed E-state index contributed by atoms with van der Waals surface area (Å²) in [4.78, 5) is 6.73. The molecule has 1 aromatic rings. The minimum atomic E-state index is 0.316. The number of likely N-dealkylation sites (tertiary alicyclic amines) is 1. The van der Waals surface area contributed by atoms with Crippen LogP contribution in [-0.4, -0.2) is 30.5 Å². The van der Waals surface area contributed by atoms with Gasteiger partial charge < -0.3 is 10.6 Å². The van der Waals surface area contributed by atoms with E-state index in [0.29, 0.717) is 11.3 Å². The summed E-state index contributed by atoms with van der Waals surface area (Å²) in [7, 11) is 0. The average Bonchev–Trinajstić information content (AvgIpc) is 2.99. The summed E-state index contributed by atoms with van der Waals surface area (Å²) in [5, 5.41) is 0. The van der Waals surface area contributed by atoms with E-state index in [9.17, 15) is 0 Å². The zero-order valence-electron chi connectivity index (χ0n) is 11.0. The van der Waals surface area contributed by atoms with Gasteiger partial charge in [0.2, 0.25) is 0 Å². The Morgan fingerprint density at radius 3 is 2.72 bits per heavy atom. The summed E-state index contributed by atoms with van der Waals surface area (Å²) in [6.07, 6.45) is 2.48. The molecule has 0 aromatic heterocycles. The molecule has 96 valence electrons. The van der Waals surface area contributed by atoms with Crippen LogP contribution in [0.5, 0.6) is 0 Å². The molecule has 3 heteroatoms. The third kappa shape index (κ3) is 2.09. The van der Waals surface area contributed by atoms with Crippen molar-refractivity contribution < 1.29 is 0 Å². The first-order valence-electron chi connectivity index (χ1n) is 6.79. The Balaban J connectivity index is 1.61. The molecule has 1 aliphatic heterocycles. The summed E-state index contributed by atoms with van der Waals surface area (Å²) in [6.45, 7) is 5.33. The molecule has 2 atom stereocenters. The minimum absolute atomic E-state index is 0.316. The zero-order valence-corrected chi connectivity index (χ0v) is 11.0. The van der Waals surface area contributed by atoms with E-state index in [1.165, 1.54) is 18.4 Å². The summed E-state index contributed by atoms with van der Waals surface area (Å²) in [5.41, 5.74) is 7.73. The van der Waals surface area contributed by atoms with Crippen molar-refractivity contribution in [3.63, 3.8) is 0 Å². The van der Waals surface area contributed by atoms with Gasteiger partial charge in [0.05, 0.1) is 0 Å². The van der Waals surface area contributed by atoms with Crippen molar-refractivity contribution in [1.29, 1.82) is 0 Å². The third-order valence-corrected chi connectivity index (χ3v) is 4.34. The van der Waals surface area contributed by atoms with Gasteiger partial charge >= 0.3 is 0 Å². The monoisotopic (exact) mass is 243 g/mol. The van der Waals surface area contributed by atoms with Gasteiger partial charge in [0.25, 0.3) is 0 Å². The quantitative estimate of drug-likeness (QED) is 0.653. The van der Waals surface area contributed by atoms with E-state index in [1.54, 1.807) is 0 Å². The number of aliphatic imine (C=N–C) groups is 1. The van der Waals surface area contributed by atoms with Crippen LogP contribution in [0.15, 0.2) is 35.3 Å². The van der Waals surface area contributed by atoms with E-state index in [0.717, 1.165) is 25.6 Å². The molecule has 2 aliphatic rings. The van der Waals surface area contributed by atoms with E-state index in [2.05, 4.69) is 47.1 Å². The van der Waals surface area contributed by atoms with Crippen molar-refractivity contribution in [3.8, 4) is 0 Å². The van der Waals surface area contributed by atoms with Gasteiger partial charge in [0, 0.05) is 19.6 Å². The van der Waals surface area contributed by atoms with Gasteiger partial charge in [-0.15, -0.1) is 0 Å². The normalized spacial score (nSPS) is 31.1. The molecule has 3 rings (SSSR count). The molecule has 1 saturated heterocycles. The van der Waals surface area contributed by atoms with E-state index in [4.69, 9.17) is 5.73 Å². The molecular weight excluding hydrogens is 222 g/mol. The first kappa shape index (κ1) is 11.6. The predicted octanol–water partition coefficient (Wildman–Crippen LogP) is 2.20. The van der Waals surface area contributed by atoms with Crippen LogP contribution in [0.25, 0.3) is 0 Å². The molecule has 18 heavy (non-hydrogen) atoms. The van der Waals surface area contributed by atoms with Gasteiger partial charge in [-0.2, -0.15) is 0 Å². The molecule has 0 amide bonds. The molecule has 1 heterocycles. The fourth-order valence-corrected chi connectivity index (χ4v) is 2.69. The van der Waals surface area contributed by atoms with Gasteiger partial charge in [-0.25, -0.2) is 0 Å². The fraction of sp³-hybridized carbons (Fsp3) is 0.533. The average molecular weight is 243 g/mol. The highest BCUT2D eigenvalue weighted by Gasteiger charge is 2.50. The highest BCUT2D eigenvalue weighted by molar-refractivity contribution is 5.78. The second-order valence-corrected chi connectivity index (χ2v) is 5.84. The summed E-state index contributed by atoms with van der Waals surface area (Å²) in [6, 6.07) is 10.7. The topological polar surface area (TPSA) is 41.6 Å². The molecule has 0 radical (unpaired) electrons. The second kappa shape index (κ2) is 4.30. The first-order chi connectivity index (χ1) is 8.69. The standard InChI is InChI=1S/C15H21N3/c1-15(11-17-14(16)18-8-5-9-18)10-13(15)12-6-3-2-4-7-12/h2-4,6-7,13H,5,8-11H2,1H3,(H2,16,17)/t13-,15-/m0/s1. The smallest absolute Gasteiger partial charge is 0.191 e. The molecular formula is C15H21N3. The van der Waals surface area contributed by atoms with Crippen LogP contribution >= 0.6 is 0 Å². The second-order valence-electron chi connectivity index (χ2n) is 5.84. The van der Waals surface area contributed by atoms with Gasteiger partial charge in [0.1, 0.15) is 0 Å². The lowest BCUT2D eigenvalue weighted by Crippen LogP contribution is -2.46. The van der Waals surface area contributed by atoms with Crippen molar-refractivity contribution in [2.45, 2.75) is 25.7 Å². The van der Waals surface area contributed by atoms with Gasteiger partial charge in [0.15, 0.2) is 5.96 Å². The van der Waals surface area contributed by atoms with E-state index in [-0.39, 0.29) is 0 Å². The van der Waals surface area contributed by atoms with Gasteiger partial charge in [-0.3, -0.25) is 4.99 Å². The number of hydrogen-bond acceptors (Lipinski definition) is 1. The third-order valence-electron chi connectivity index (χ3n) is 4.34. The largest absolute Gasteiger partial charge is 0.370 e. The van der Waals surface area contributed by atoms with E-state index >= 15 is 0 Å². The summed E-state index contributed by atoms with van der Waals surface area (Å²) >= 11 is 0. The Kier molecular flexibility index (Phi) is 2.77. The SMILES string of the molecule is C[C@@]1(CN=C(N)N2CCC2)C[C@H]1c1ccccc1. The van der Waals surface area contributed by atoms with Crippen molar-refractivity contribution in [2.75, 3.05) is 19.6 Å². The van der Waals surface area contributed by atoms with Crippen LogP contribution in [0, 0.1) is 5.41 Å². The minimum Gasteiger partial charge on any atom is -0.370 e. The summed E-state index contributed by atoms with van der Waals surface area (Å²) in [5.74, 6) is 1.40. The van der Waals surface area contributed by atoms with Gasteiger partial charge in [-0.05, 0) is 29.7 Å². The molecule has 1 aromatic carbocycles. The van der Waals surface area contributed by atoms with Crippen molar-refractivity contribution in [2.24, 2.45) is 16.1 Å². The van der Waals surface area contributed by atoms with Crippen LogP contribution in [0.1, 0.15) is 31.2 Å². The lowest BCUT2D eigenvalue weighted by molar-refractivity contribution is 0.295. The number of guanidine groups is 1. The molecule has 2 fully saturated rings. The predicted molar refractivity (Wildman–Crippen MR) is 74.6 cm³/mol. The van der Waals surface area contributed by atoms with Crippen LogP contribution < -0.4 is 5.73 Å². The lowest BCUT2D eigenvalue weighted by atomic mass is 10.0. The van der Waals surface area contributed by atoms with Crippen molar-refractivity contribution in [1.82, 2.24) is 4.90 Å². The fourth-order valence-electron chi connectivity index (χ4n) is 2.69. The molecule has 1 saturated carbocycles. The maximum atomic E-state index is 5.97. The Morgan fingerprint density at radius 2 is 2.11 bits per heavy atom. The maximum absolute atomic E-state index is 5.97. The molecule has 2 N–H and O–H groups in total. The lowest BCUT2D eigenvalue weighted by Gasteiger charge is -2.31. The molecule has 0 unspecified atom stereocenters. The highest BCUT2D eigenvalue weighted by atomic mass is 15.3. The van der Waals surface area contributed by atoms with Crippen LogP contribution in [0.4, 0.5) is 0 Å². The Bertz CT molecular complexity index is 450. The Morgan fingerprint density at radius 1 is 1.39 bits per heavy atom. The highest BCUT2D eigenvalue weighted by Crippen LogP contribution is 2.59. The van der Waals surface area contributed by atoms with Crippen molar-refractivity contribution in [3.05, 3.63) is 35.9 Å². The zero-order chi connectivity index (χ0) is 12.6. The maximum Gasteiger partial charge on any atom is 0.191 e. The van der Waals surface area contributed by atoms with Crippen LogP contribution in [0.3, 0.4) is 0 Å². The molecule has 0 spiro atoms. The number of hydrogen-bond donors (Lipinski definition) is 1. The first-order valence-corrected chi connectivity index (χ1v) is 6.79. The molecule has 0 bridgehead atoms. The number of rotatable bonds is 3. The Hall–Kier alpha value is -1.51. The van der Waals surface area contributed by atoms with Crippen molar-refractivity contribution >= 4 is 5.96 Å². The molecule has 1 aliphatic carbocycles. The number of benzene rings is 1. The van der Waals surface area contributed by atoms with Gasteiger partial charge in [-0.1, -0.05) is 37.3 Å². The van der Waals surface area contributed by atoms with E-state index in [1.807, 2.05) is 0 Å². The van der Waals surface area contributed by atoms with E-state index < -0.39 is 0 Å². The van der Waals surface area contributed by atoms with Crippen LogP contribution in [-0.2, 0) is 0 Å². The van der Waals surface area contributed by atoms with Crippen LogP contribution in [0.2, 0.25) is 0 Å². The Labute approximate surface area is 109 Å². The number of nitrogens with two attached hydrogens (primary N) is 1. The number of nitrogens with zero attached hydrogens (tertiary/aromatic N) is 2.